The van der Waals surface area contributed by atoms with E-state index >= 15 is 0 Å². The normalized spacial score (nSPS) is 11.9. The van der Waals surface area contributed by atoms with Crippen LogP contribution < -0.4 is 5.73 Å². The van der Waals surface area contributed by atoms with Gasteiger partial charge in [-0.25, -0.2) is 4.98 Å². The minimum Gasteiger partial charge on any atom is -0.324 e. The molecular weight excluding hydrogens is 275 g/mol. The number of rotatable bonds is 5. The zero-order chi connectivity index (χ0) is 10.4. The number of aromatic nitrogens is 1. The summed E-state index contributed by atoms with van der Waals surface area (Å²) in [6.07, 6.45) is 6.61. The summed E-state index contributed by atoms with van der Waals surface area (Å²) in [6.45, 7) is 2.20. The van der Waals surface area contributed by atoms with Crippen molar-refractivity contribution in [2.24, 2.45) is 5.73 Å². The number of nitrogens with zero attached hydrogens (tertiary/aromatic N) is 1. The van der Waals surface area contributed by atoms with E-state index in [0.29, 0.717) is 0 Å². The summed E-state index contributed by atoms with van der Waals surface area (Å²) in [4.78, 5) is 4.17. The Kier molecular flexibility index (Phi) is 8.02. The SMILES string of the molecule is CCCCC[C@H](N)c1ccc(Br)nc1.Cl. The van der Waals surface area contributed by atoms with Crippen LogP contribution in [0, 0.1) is 0 Å². The third-order valence-corrected chi connectivity index (χ3v) is 2.77. The molecule has 0 unspecified atom stereocenters. The van der Waals surface area contributed by atoms with E-state index < -0.39 is 0 Å². The van der Waals surface area contributed by atoms with Gasteiger partial charge in [-0.15, -0.1) is 12.4 Å². The van der Waals surface area contributed by atoms with Crippen LogP contribution in [0.2, 0.25) is 0 Å². The molecule has 0 amide bonds. The third-order valence-electron chi connectivity index (χ3n) is 2.30. The number of halogens is 2. The van der Waals surface area contributed by atoms with E-state index in [4.69, 9.17) is 5.73 Å². The Morgan fingerprint density at radius 2 is 2.13 bits per heavy atom. The zero-order valence-corrected chi connectivity index (χ0v) is 11.4. The van der Waals surface area contributed by atoms with Crippen LogP contribution in [0.5, 0.6) is 0 Å². The first-order valence-corrected chi connectivity index (χ1v) is 5.90. The van der Waals surface area contributed by atoms with Gasteiger partial charge in [0.25, 0.3) is 0 Å². The minimum atomic E-state index is 0. The number of nitrogens with two attached hydrogens (primary N) is 1. The molecule has 0 aliphatic rings. The van der Waals surface area contributed by atoms with E-state index in [0.717, 1.165) is 16.6 Å². The molecule has 86 valence electrons. The fraction of sp³-hybridized carbons (Fsp3) is 0.545. The molecule has 1 aromatic rings. The average molecular weight is 294 g/mol. The first-order chi connectivity index (χ1) is 6.74. The molecule has 1 atom stereocenters. The molecule has 0 fully saturated rings. The van der Waals surface area contributed by atoms with Gasteiger partial charge in [0.05, 0.1) is 0 Å². The van der Waals surface area contributed by atoms with Crippen molar-refractivity contribution in [1.29, 1.82) is 0 Å². The van der Waals surface area contributed by atoms with Gasteiger partial charge in [0, 0.05) is 12.2 Å². The standard InChI is InChI=1S/C11H17BrN2.ClH/c1-2-3-4-5-10(13)9-6-7-11(12)14-8-9;/h6-8,10H,2-5,13H2,1H3;1H/t10-;/m0./s1. The van der Waals surface area contributed by atoms with Crippen LogP contribution in [0.1, 0.15) is 44.2 Å². The lowest BCUT2D eigenvalue weighted by atomic mass is 10.0. The smallest absolute Gasteiger partial charge is 0.106 e. The quantitative estimate of drug-likeness (QED) is 0.661. The van der Waals surface area contributed by atoms with Crippen LogP contribution in [0.25, 0.3) is 0 Å². The second kappa shape index (κ2) is 8.08. The van der Waals surface area contributed by atoms with Gasteiger partial charge in [-0.3, -0.25) is 0 Å². The van der Waals surface area contributed by atoms with Gasteiger partial charge in [-0.1, -0.05) is 32.3 Å². The van der Waals surface area contributed by atoms with Gasteiger partial charge >= 0.3 is 0 Å². The second-order valence-electron chi connectivity index (χ2n) is 3.52. The number of pyridine rings is 1. The van der Waals surface area contributed by atoms with Crippen LogP contribution in [0.15, 0.2) is 22.9 Å². The molecule has 1 heterocycles. The highest BCUT2D eigenvalue weighted by atomic mass is 79.9. The highest BCUT2D eigenvalue weighted by Crippen LogP contribution is 2.17. The summed E-state index contributed by atoms with van der Waals surface area (Å²) in [5.41, 5.74) is 7.16. The Labute approximate surface area is 106 Å². The fourth-order valence-corrected chi connectivity index (χ4v) is 1.62. The Hall–Kier alpha value is -0.120. The van der Waals surface area contributed by atoms with E-state index in [1.807, 2.05) is 18.3 Å². The van der Waals surface area contributed by atoms with Gasteiger partial charge in [0.15, 0.2) is 0 Å². The lowest BCUT2D eigenvalue weighted by Gasteiger charge is -2.10. The number of unbranched alkanes of at least 4 members (excludes halogenated alkanes) is 2. The summed E-state index contributed by atoms with van der Waals surface area (Å²) >= 11 is 3.31. The topological polar surface area (TPSA) is 38.9 Å². The maximum atomic E-state index is 6.03. The van der Waals surface area contributed by atoms with Gasteiger partial charge in [-0.05, 0) is 34.0 Å². The maximum Gasteiger partial charge on any atom is 0.106 e. The highest BCUT2D eigenvalue weighted by molar-refractivity contribution is 9.10. The highest BCUT2D eigenvalue weighted by Gasteiger charge is 2.05. The molecule has 15 heavy (non-hydrogen) atoms. The van der Waals surface area contributed by atoms with Crippen molar-refractivity contribution in [2.75, 3.05) is 0 Å². The first-order valence-electron chi connectivity index (χ1n) is 5.11. The van der Waals surface area contributed by atoms with Crippen molar-refractivity contribution >= 4 is 28.3 Å². The molecule has 0 aromatic carbocycles. The molecule has 1 aromatic heterocycles. The van der Waals surface area contributed by atoms with Crippen molar-refractivity contribution < 1.29 is 0 Å². The summed E-state index contributed by atoms with van der Waals surface area (Å²) in [5, 5.41) is 0. The molecular formula is C11H18BrClN2. The van der Waals surface area contributed by atoms with Crippen LogP contribution in [0.4, 0.5) is 0 Å². The lowest BCUT2D eigenvalue weighted by molar-refractivity contribution is 0.580. The molecule has 2 nitrogen and oxygen atoms in total. The zero-order valence-electron chi connectivity index (χ0n) is 8.95. The van der Waals surface area contributed by atoms with Gasteiger partial charge in [0.1, 0.15) is 4.60 Å². The Bertz CT molecular complexity index is 264. The molecule has 1 rings (SSSR count). The van der Waals surface area contributed by atoms with Crippen molar-refractivity contribution in [2.45, 2.75) is 38.6 Å². The first kappa shape index (κ1) is 14.9. The second-order valence-corrected chi connectivity index (χ2v) is 4.33. The van der Waals surface area contributed by atoms with Crippen LogP contribution in [-0.2, 0) is 0 Å². The molecule has 0 bridgehead atoms. The molecule has 0 radical (unpaired) electrons. The van der Waals surface area contributed by atoms with E-state index in [9.17, 15) is 0 Å². The van der Waals surface area contributed by atoms with E-state index in [-0.39, 0.29) is 18.4 Å². The van der Waals surface area contributed by atoms with Gasteiger partial charge < -0.3 is 5.73 Å². The predicted octanol–water partition coefficient (Wildman–Crippen LogP) is 3.85. The molecule has 0 spiro atoms. The van der Waals surface area contributed by atoms with Crippen molar-refractivity contribution in [3.05, 3.63) is 28.5 Å². The Balaban J connectivity index is 0.00000196. The maximum absolute atomic E-state index is 6.03. The van der Waals surface area contributed by atoms with Gasteiger partial charge in [-0.2, -0.15) is 0 Å². The molecule has 2 N–H and O–H groups in total. The summed E-state index contributed by atoms with van der Waals surface area (Å²) in [5.74, 6) is 0. The predicted molar refractivity (Wildman–Crippen MR) is 70.3 cm³/mol. The monoisotopic (exact) mass is 292 g/mol. The van der Waals surface area contributed by atoms with Crippen LogP contribution in [-0.4, -0.2) is 4.98 Å². The van der Waals surface area contributed by atoms with Crippen molar-refractivity contribution in [1.82, 2.24) is 4.98 Å². The van der Waals surface area contributed by atoms with Crippen molar-refractivity contribution in [3.63, 3.8) is 0 Å². The average Bonchev–Trinajstić information content (AvgIpc) is 2.19. The van der Waals surface area contributed by atoms with Gasteiger partial charge in [0.2, 0.25) is 0 Å². The van der Waals surface area contributed by atoms with E-state index in [1.54, 1.807) is 0 Å². The molecule has 0 saturated carbocycles. The summed E-state index contributed by atoms with van der Waals surface area (Å²) < 4.78 is 0.863. The third kappa shape index (κ3) is 5.50. The van der Waals surface area contributed by atoms with Crippen molar-refractivity contribution in [3.8, 4) is 0 Å². The van der Waals surface area contributed by atoms with Crippen LogP contribution >= 0.6 is 28.3 Å². The minimum absolute atomic E-state index is 0. The molecule has 0 aliphatic heterocycles. The summed E-state index contributed by atoms with van der Waals surface area (Å²) in [6, 6.07) is 4.12. The van der Waals surface area contributed by atoms with E-state index in [1.165, 1.54) is 19.3 Å². The van der Waals surface area contributed by atoms with E-state index in [2.05, 4.69) is 27.8 Å². The Morgan fingerprint density at radius 3 is 2.67 bits per heavy atom. The molecule has 0 saturated heterocycles. The lowest BCUT2D eigenvalue weighted by Crippen LogP contribution is -2.10. The Morgan fingerprint density at radius 1 is 1.40 bits per heavy atom. The summed E-state index contributed by atoms with van der Waals surface area (Å²) in [7, 11) is 0. The largest absolute Gasteiger partial charge is 0.324 e. The number of hydrogen-bond acceptors (Lipinski definition) is 2. The van der Waals surface area contributed by atoms with Crippen LogP contribution in [0.3, 0.4) is 0 Å². The fourth-order valence-electron chi connectivity index (χ4n) is 1.39. The molecule has 4 heteroatoms. The molecule has 0 aliphatic carbocycles. The number of hydrogen-bond donors (Lipinski definition) is 1.